The molecule has 1 saturated heterocycles. The van der Waals surface area contributed by atoms with Crippen LogP contribution in [0.5, 0.6) is 0 Å². The predicted octanol–water partition coefficient (Wildman–Crippen LogP) is 0.168. The summed E-state index contributed by atoms with van der Waals surface area (Å²) < 4.78 is 0. The topological polar surface area (TPSA) is 95.7 Å². The summed E-state index contributed by atoms with van der Waals surface area (Å²) in [6, 6.07) is 8.03. The van der Waals surface area contributed by atoms with Gasteiger partial charge in [-0.2, -0.15) is 0 Å². The minimum absolute atomic E-state index is 0.0747. The first-order valence-corrected chi connectivity index (χ1v) is 7.09. The molecule has 0 aliphatic carbocycles. The molecule has 0 saturated carbocycles. The number of amides is 1. The smallest absolute Gasteiger partial charge is 0.308 e. The molecule has 1 fully saturated rings. The first kappa shape index (κ1) is 15.5. The number of nitrogens with zero attached hydrogens (tertiary/aromatic N) is 1. The van der Waals surface area contributed by atoms with Gasteiger partial charge < -0.3 is 21.1 Å². The van der Waals surface area contributed by atoms with Gasteiger partial charge in [0.2, 0.25) is 5.91 Å². The van der Waals surface area contributed by atoms with E-state index in [1.54, 1.807) is 4.90 Å². The minimum atomic E-state index is -0.891. The van der Waals surface area contributed by atoms with Crippen molar-refractivity contribution < 1.29 is 14.7 Å². The van der Waals surface area contributed by atoms with Crippen LogP contribution in [0.3, 0.4) is 0 Å². The van der Waals surface area contributed by atoms with Gasteiger partial charge in [-0.05, 0) is 11.1 Å². The highest BCUT2D eigenvalue weighted by atomic mass is 16.4. The highest BCUT2D eigenvalue weighted by Gasteiger charge is 2.33. The minimum Gasteiger partial charge on any atom is -0.481 e. The quantitative estimate of drug-likeness (QED) is 0.622. The van der Waals surface area contributed by atoms with Crippen LogP contribution in [0, 0.1) is 5.92 Å². The molecule has 1 aliphatic rings. The molecule has 0 aromatic heterocycles. The van der Waals surface area contributed by atoms with E-state index in [2.05, 4.69) is 11.4 Å². The van der Waals surface area contributed by atoms with E-state index < -0.39 is 11.9 Å². The molecule has 114 valence electrons. The van der Waals surface area contributed by atoms with Crippen molar-refractivity contribution >= 4 is 11.9 Å². The Morgan fingerprint density at radius 2 is 2.19 bits per heavy atom. The van der Waals surface area contributed by atoms with Gasteiger partial charge in [-0.15, -0.1) is 0 Å². The molecule has 1 amide bonds. The summed E-state index contributed by atoms with van der Waals surface area (Å²) >= 11 is 0. The summed E-state index contributed by atoms with van der Waals surface area (Å²) in [5.41, 5.74) is 7.83. The van der Waals surface area contributed by atoms with Crippen LogP contribution in [0.1, 0.15) is 17.5 Å². The molecule has 1 atom stereocenters. The molecule has 1 unspecified atom stereocenters. The van der Waals surface area contributed by atoms with Crippen LogP contribution in [-0.4, -0.2) is 41.5 Å². The third kappa shape index (κ3) is 4.27. The summed E-state index contributed by atoms with van der Waals surface area (Å²) in [6.07, 6.45) is 0.119. The first-order chi connectivity index (χ1) is 10.1. The number of aliphatic carboxylic acids is 1. The lowest BCUT2D eigenvalue weighted by Gasteiger charge is -2.16. The SMILES string of the molecule is NCc1cccc(CNCCN2CC(C(=O)O)CC2=O)c1. The predicted molar refractivity (Wildman–Crippen MR) is 78.4 cm³/mol. The van der Waals surface area contributed by atoms with Gasteiger partial charge in [-0.1, -0.05) is 24.3 Å². The summed E-state index contributed by atoms with van der Waals surface area (Å²) in [4.78, 5) is 24.1. The number of rotatable bonds is 7. The summed E-state index contributed by atoms with van der Waals surface area (Å²) in [5, 5.41) is 12.2. The van der Waals surface area contributed by atoms with Gasteiger partial charge in [0.25, 0.3) is 0 Å². The number of carbonyl (C=O) groups is 2. The number of carbonyl (C=O) groups excluding carboxylic acids is 1. The number of nitrogens with one attached hydrogen (secondary N) is 1. The van der Waals surface area contributed by atoms with E-state index in [1.807, 2.05) is 18.2 Å². The average molecular weight is 291 g/mol. The Bertz CT molecular complexity index is 519. The van der Waals surface area contributed by atoms with Crippen LogP contribution in [0.25, 0.3) is 0 Å². The molecule has 1 aromatic carbocycles. The molecule has 1 aromatic rings. The fourth-order valence-electron chi connectivity index (χ4n) is 2.47. The van der Waals surface area contributed by atoms with E-state index in [0.717, 1.165) is 11.1 Å². The Kier molecular flexibility index (Phi) is 5.30. The maximum atomic E-state index is 11.7. The fourth-order valence-corrected chi connectivity index (χ4v) is 2.47. The summed E-state index contributed by atoms with van der Waals surface area (Å²) in [6.45, 7) is 2.73. The van der Waals surface area contributed by atoms with Crippen LogP contribution in [-0.2, 0) is 22.7 Å². The Morgan fingerprint density at radius 3 is 2.86 bits per heavy atom. The first-order valence-electron chi connectivity index (χ1n) is 7.09. The second-order valence-corrected chi connectivity index (χ2v) is 5.28. The second-order valence-electron chi connectivity index (χ2n) is 5.28. The fraction of sp³-hybridized carbons (Fsp3) is 0.467. The summed E-state index contributed by atoms with van der Waals surface area (Å²) in [5.74, 6) is -1.52. The van der Waals surface area contributed by atoms with Gasteiger partial charge >= 0.3 is 5.97 Å². The van der Waals surface area contributed by atoms with E-state index >= 15 is 0 Å². The highest BCUT2D eigenvalue weighted by molar-refractivity contribution is 5.86. The van der Waals surface area contributed by atoms with E-state index in [-0.39, 0.29) is 12.3 Å². The Labute approximate surface area is 123 Å². The zero-order valence-corrected chi connectivity index (χ0v) is 11.9. The lowest BCUT2D eigenvalue weighted by molar-refractivity contribution is -0.141. The Morgan fingerprint density at radius 1 is 1.43 bits per heavy atom. The maximum absolute atomic E-state index is 11.7. The zero-order valence-electron chi connectivity index (χ0n) is 11.9. The number of likely N-dealkylation sites (tertiary alicyclic amines) is 1. The number of carboxylic acid groups (broad SMARTS) is 1. The van der Waals surface area contributed by atoms with Crippen molar-refractivity contribution in [3.8, 4) is 0 Å². The van der Waals surface area contributed by atoms with Crippen molar-refractivity contribution in [1.29, 1.82) is 0 Å². The van der Waals surface area contributed by atoms with E-state index in [0.29, 0.717) is 32.7 Å². The zero-order chi connectivity index (χ0) is 15.2. The van der Waals surface area contributed by atoms with Crippen LogP contribution in [0.2, 0.25) is 0 Å². The monoisotopic (exact) mass is 291 g/mol. The lowest BCUT2D eigenvalue weighted by Crippen LogP contribution is -2.33. The normalized spacial score (nSPS) is 18.2. The van der Waals surface area contributed by atoms with Gasteiger partial charge in [0, 0.05) is 39.1 Å². The van der Waals surface area contributed by atoms with Crippen molar-refractivity contribution in [2.24, 2.45) is 11.7 Å². The molecular formula is C15H21N3O3. The Balaban J connectivity index is 1.72. The van der Waals surface area contributed by atoms with Gasteiger partial charge in [-0.25, -0.2) is 0 Å². The lowest BCUT2D eigenvalue weighted by atomic mass is 10.1. The number of nitrogens with two attached hydrogens (primary N) is 1. The van der Waals surface area contributed by atoms with Crippen molar-refractivity contribution in [3.63, 3.8) is 0 Å². The molecule has 21 heavy (non-hydrogen) atoms. The number of hydrogen-bond donors (Lipinski definition) is 3. The van der Waals surface area contributed by atoms with Gasteiger partial charge in [-0.3, -0.25) is 9.59 Å². The van der Waals surface area contributed by atoms with Crippen LogP contribution < -0.4 is 11.1 Å². The van der Waals surface area contributed by atoms with Gasteiger partial charge in [0.05, 0.1) is 5.92 Å². The third-order valence-electron chi connectivity index (χ3n) is 3.68. The van der Waals surface area contributed by atoms with Gasteiger partial charge in [0.15, 0.2) is 0 Å². The Hall–Kier alpha value is -1.92. The molecule has 0 spiro atoms. The molecule has 1 aliphatic heterocycles. The van der Waals surface area contributed by atoms with E-state index in [4.69, 9.17) is 10.8 Å². The van der Waals surface area contributed by atoms with Crippen LogP contribution >= 0.6 is 0 Å². The molecule has 0 radical (unpaired) electrons. The van der Waals surface area contributed by atoms with Crippen molar-refractivity contribution in [2.45, 2.75) is 19.5 Å². The van der Waals surface area contributed by atoms with Crippen molar-refractivity contribution in [3.05, 3.63) is 35.4 Å². The second kappa shape index (κ2) is 7.19. The van der Waals surface area contributed by atoms with Gasteiger partial charge in [0.1, 0.15) is 0 Å². The van der Waals surface area contributed by atoms with Crippen molar-refractivity contribution in [2.75, 3.05) is 19.6 Å². The maximum Gasteiger partial charge on any atom is 0.308 e. The highest BCUT2D eigenvalue weighted by Crippen LogP contribution is 2.17. The van der Waals surface area contributed by atoms with E-state index in [9.17, 15) is 9.59 Å². The largest absolute Gasteiger partial charge is 0.481 e. The molecule has 6 heteroatoms. The van der Waals surface area contributed by atoms with Crippen LogP contribution in [0.15, 0.2) is 24.3 Å². The van der Waals surface area contributed by atoms with E-state index in [1.165, 1.54) is 0 Å². The number of carboxylic acids is 1. The average Bonchev–Trinajstić information content (AvgIpc) is 2.85. The molecule has 4 N–H and O–H groups in total. The number of hydrogen-bond acceptors (Lipinski definition) is 4. The molecule has 1 heterocycles. The molecule has 6 nitrogen and oxygen atoms in total. The van der Waals surface area contributed by atoms with Crippen molar-refractivity contribution in [1.82, 2.24) is 10.2 Å². The molecular weight excluding hydrogens is 270 g/mol. The third-order valence-corrected chi connectivity index (χ3v) is 3.68. The standard InChI is InChI=1S/C15H21N3O3/c16-8-11-2-1-3-12(6-11)9-17-4-5-18-10-13(15(20)21)7-14(18)19/h1-3,6,13,17H,4-5,7-10,16H2,(H,20,21). The molecule has 2 rings (SSSR count). The van der Waals surface area contributed by atoms with Crippen LogP contribution in [0.4, 0.5) is 0 Å². The summed E-state index contributed by atoms with van der Waals surface area (Å²) in [7, 11) is 0. The molecule has 0 bridgehead atoms. The number of benzene rings is 1.